The van der Waals surface area contributed by atoms with Crippen LogP contribution in [0.25, 0.3) is 11.4 Å². The average Bonchev–Trinajstić information content (AvgIpc) is 3.37. The van der Waals surface area contributed by atoms with E-state index in [1.165, 1.54) is 16.2 Å². The molecule has 1 aromatic carbocycles. The van der Waals surface area contributed by atoms with Crippen molar-refractivity contribution in [1.29, 1.82) is 0 Å². The summed E-state index contributed by atoms with van der Waals surface area (Å²) in [7, 11) is 0. The summed E-state index contributed by atoms with van der Waals surface area (Å²) < 4.78 is 15.6. The van der Waals surface area contributed by atoms with Gasteiger partial charge in [0.15, 0.2) is 13.2 Å². The molecule has 0 saturated heterocycles. The zero-order valence-corrected chi connectivity index (χ0v) is 15.0. The second-order valence-electron chi connectivity index (χ2n) is 5.74. The minimum Gasteiger partial charge on any atom is -0.482 e. The van der Waals surface area contributed by atoms with Crippen molar-refractivity contribution in [3.05, 3.63) is 47.0 Å². The smallest absolute Gasteiger partial charge is 0.308 e. The molecule has 8 nitrogen and oxygen atoms in total. The number of rotatable bonds is 6. The maximum atomic E-state index is 12.1. The highest BCUT2D eigenvalue weighted by molar-refractivity contribution is 7.08. The maximum Gasteiger partial charge on any atom is 0.308 e. The highest BCUT2D eigenvalue weighted by Crippen LogP contribution is 2.31. The highest BCUT2D eigenvalue weighted by atomic mass is 32.1. The van der Waals surface area contributed by atoms with Gasteiger partial charge in [-0.1, -0.05) is 17.3 Å². The normalized spacial score (nSPS) is 13.2. The van der Waals surface area contributed by atoms with Gasteiger partial charge in [0, 0.05) is 17.5 Å². The number of aromatic nitrogens is 2. The van der Waals surface area contributed by atoms with Gasteiger partial charge in [-0.15, -0.1) is 0 Å². The first kappa shape index (κ1) is 17.2. The van der Waals surface area contributed by atoms with Crippen LogP contribution in [0.5, 0.6) is 5.75 Å². The van der Waals surface area contributed by atoms with E-state index in [1.54, 1.807) is 12.1 Å². The molecule has 27 heavy (non-hydrogen) atoms. The molecular weight excluding hydrogens is 370 g/mol. The van der Waals surface area contributed by atoms with Gasteiger partial charge in [-0.2, -0.15) is 16.3 Å². The van der Waals surface area contributed by atoms with Crippen molar-refractivity contribution < 1.29 is 23.6 Å². The molecule has 0 radical (unpaired) electrons. The Morgan fingerprint density at radius 3 is 3.04 bits per heavy atom. The van der Waals surface area contributed by atoms with E-state index in [-0.39, 0.29) is 38.0 Å². The van der Waals surface area contributed by atoms with Crippen LogP contribution in [0.4, 0.5) is 5.69 Å². The summed E-state index contributed by atoms with van der Waals surface area (Å²) in [5, 5.41) is 7.67. The third-order valence-corrected chi connectivity index (χ3v) is 4.64. The fourth-order valence-corrected chi connectivity index (χ4v) is 3.27. The third-order valence-electron chi connectivity index (χ3n) is 3.95. The van der Waals surface area contributed by atoms with E-state index in [4.69, 9.17) is 14.0 Å². The van der Waals surface area contributed by atoms with Crippen LogP contribution in [-0.4, -0.2) is 35.2 Å². The second kappa shape index (κ2) is 7.58. The Bertz CT molecular complexity index is 954. The molecule has 138 valence electrons. The number of anilines is 1. The zero-order valence-electron chi connectivity index (χ0n) is 14.2. The van der Waals surface area contributed by atoms with Crippen molar-refractivity contribution >= 4 is 28.9 Å². The first-order valence-corrected chi connectivity index (χ1v) is 9.18. The molecule has 0 aliphatic carbocycles. The first-order valence-electron chi connectivity index (χ1n) is 8.23. The van der Waals surface area contributed by atoms with Gasteiger partial charge < -0.3 is 18.9 Å². The van der Waals surface area contributed by atoms with E-state index in [9.17, 15) is 9.59 Å². The number of fused-ring (bicyclic) bond motifs is 1. The monoisotopic (exact) mass is 385 g/mol. The Hall–Kier alpha value is -3.20. The van der Waals surface area contributed by atoms with Crippen LogP contribution in [0, 0.1) is 0 Å². The van der Waals surface area contributed by atoms with Crippen molar-refractivity contribution in [2.75, 3.05) is 18.1 Å². The fourth-order valence-electron chi connectivity index (χ4n) is 2.64. The van der Waals surface area contributed by atoms with E-state index in [1.807, 2.05) is 29.0 Å². The van der Waals surface area contributed by atoms with Gasteiger partial charge in [0.25, 0.3) is 11.8 Å². The molecule has 0 fully saturated rings. The van der Waals surface area contributed by atoms with Crippen molar-refractivity contribution in [3.63, 3.8) is 0 Å². The number of hydrogen-bond donors (Lipinski definition) is 0. The average molecular weight is 385 g/mol. The third kappa shape index (κ3) is 3.82. The van der Waals surface area contributed by atoms with Crippen LogP contribution in [0.15, 0.2) is 45.6 Å². The quantitative estimate of drug-likeness (QED) is 0.602. The summed E-state index contributed by atoms with van der Waals surface area (Å²) in [6.07, 6.45) is 0.0472. The number of carbonyl (C=O) groups excluding carboxylic acids is 2. The predicted octanol–water partition coefficient (Wildman–Crippen LogP) is 2.66. The Morgan fingerprint density at radius 1 is 1.30 bits per heavy atom. The molecule has 9 heteroatoms. The largest absolute Gasteiger partial charge is 0.482 e. The molecule has 0 N–H and O–H groups in total. The lowest BCUT2D eigenvalue weighted by molar-refractivity contribution is -0.145. The van der Waals surface area contributed by atoms with E-state index in [0.717, 1.165) is 5.56 Å². The van der Waals surface area contributed by atoms with Crippen molar-refractivity contribution in [3.8, 4) is 17.1 Å². The van der Waals surface area contributed by atoms with Crippen LogP contribution in [0.1, 0.15) is 12.3 Å². The van der Waals surface area contributed by atoms with E-state index in [0.29, 0.717) is 17.3 Å². The van der Waals surface area contributed by atoms with Crippen LogP contribution in [0.2, 0.25) is 0 Å². The molecular formula is C18H15N3O5S. The zero-order chi connectivity index (χ0) is 18.6. The van der Waals surface area contributed by atoms with Gasteiger partial charge >= 0.3 is 5.97 Å². The van der Waals surface area contributed by atoms with Gasteiger partial charge in [-0.25, -0.2) is 0 Å². The Balaban J connectivity index is 1.31. The molecule has 0 spiro atoms. The summed E-state index contributed by atoms with van der Waals surface area (Å²) in [4.78, 5) is 29.8. The SMILES string of the molecule is O=C(CCN1C(=O)COc2ccccc21)OCc1nc(-c2ccsc2)no1. The molecule has 4 rings (SSSR count). The van der Waals surface area contributed by atoms with Crippen molar-refractivity contribution in [2.45, 2.75) is 13.0 Å². The van der Waals surface area contributed by atoms with Gasteiger partial charge in [-0.3, -0.25) is 9.59 Å². The summed E-state index contributed by atoms with van der Waals surface area (Å²) in [6.45, 7) is 0.0606. The summed E-state index contributed by atoms with van der Waals surface area (Å²) in [5.41, 5.74) is 1.50. The van der Waals surface area contributed by atoms with Crippen LogP contribution in [0.3, 0.4) is 0 Å². The molecule has 0 atom stereocenters. The topological polar surface area (TPSA) is 94.8 Å². The summed E-state index contributed by atoms with van der Waals surface area (Å²) >= 11 is 1.53. The highest BCUT2D eigenvalue weighted by Gasteiger charge is 2.25. The van der Waals surface area contributed by atoms with E-state index in [2.05, 4.69) is 10.1 Å². The number of esters is 1. The lowest BCUT2D eigenvalue weighted by atomic mass is 10.2. The lowest BCUT2D eigenvalue weighted by Crippen LogP contribution is -2.40. The van der Waals surface area contributed by atoms with E-state index >= 15 is 0 Å². The predicted molar refractivity (Wildman–Crippen MR) is 96.3 cm³/mol. The molecule has 3 heterocycles. The van der Waals surface area contributed by atoms with Gasteiger partial charge in [0.2, 0.25) is 5.82 Å². The number of carbonyl (C=O) groups is 2. The molecule has 1 amide bonds. The standard InChI is InChI=1S/C18H15N3O5S/c22-16-10-24-14-4-2-1-3-13(14)21(16)7-5-17(23)25-9-15-19-18(20-26-15)12-6-8-27-11-12/h1-4,6,8,11H,5,7,9-10H2. The van der Waals surface area contributed by atoms with Crippen LogP contribution >= 0.6 is 11.3 Å². The van der Waals surface area contributed by atoms with Crippen molar-refractivity contribution in [2.24, 2.45) is 0 Å². The minimum absolute atomic E-state index is 0.0423. The molecule has 1 aliphatic heterocycles. The number of ether oxygens (including phenoxy) is 2. The number of amides is 1. The minimum atomic E-state index is -0.456. The lowest BCUT2D eigenvalue weighted by Gasteiger charge is -2.28. The van der Waals surface area contributed by atoms with Gasteiger partial charge in [0.1, 0.15) is 5.75 Å². The maximum absolute atomic E-state index is 12.1. The Kier molecular flexibility index (Phi) is 4.84. The number of benzene rings is 1. The molecule has 0 unspecified atom stereocenters. The molecule has 3 aromatic rings. The Labute approximate surface area is 158 Å². The number of nitrogens with zero attached hydrogens (tertiary/aromatic N) is 3. The Morgan fingerprint density at radius 2 is 2.19 bits per heavy atom. The van der Waals surface area contributed by atoms with Gasteiger partial charge in [0.05, 0.1) is 12.1 Å². The summed E-state index contributed by atoms with van der Waals surface area (Å²) in [5.74, 6) is 0.647. The molecule has 2 aromatic heterocycles. The van der Waals surface area contributed by atoms with Crippen LogP contribution in [-0.2, 0) is 20.9 Å². The number of hydrogen-bond acceptors (Lipinski definition) is 8. The second-order valence-corrected chi connectivity index (χ2v) is 6.52. The molecule has 0 saturated carbocycles. The molecule has 1 aliphatic rings. The number of thiophene rings is 1. The summed E-state index contributed by atoms with van der Waals surface area (Å²) in [6, 6.07) is 9.08. The van der Waals surface area contributed by atoms with Gasteiger partial charge in [-0.05, 0) is 23.6 Å². The number of para-hydroxylation sites is 2. The van der Waals surface area contributed by atoms with Crippen molar-refractivity contribution in [1.82, 2.24) is 10.1 Å². The fraction of sp³-hybridized carbons (Fsp3) is 0.222. The van der Waals surface area contributed by atoms with E-state index < -0.39 is 5.97 Å². The molecule has 0 bridgehead atoms. The first-order chi connectivity index (χ1) is 13.2. The van der Waals surface area contributed by atoms with Crippen LogP contribution < -0.4 is 9.64 Å².